The first-order valence-electron chi connectivity index (χ1n) is 18.4. The summed E-state index contributed by atoms with van der Waals surface area (Å²) in [5.74, 6) is 1.83. The molecule has 0 bridgehead atoms. The number of benzene rings is 7. The standard InChI is InChI=1S/C50H33N5/c1-5-16-34(17-6-1)35-28-30-39(31-29-35)49-51-48(38-22-11-4-12-23-38)52-50(53-49)42-26-15-25-41(32-42)46-45(37-20-9-3-10-21-37)47-43-27-14-13-24-40(43)33-44(55(47)54-46)36-18-7-2-8-19-36/h1-33H. The minimum absolute atomic E-state index is 0.596. The Bertz CT molecular complexity index is 2940. The van der Waals surface area contributed by atoms with Gasteiger partial charge in [0.1, 0.15) is 5.69 Å². The van der Waals surface area contributed by atoms with Crippen LogP contribution in [-0.2, 0) is 0 Å². The van der Waals surface area contributed by atoms with Gasteiger partial charge in [-0.2, -0.15) is 5.10 Å². The van der Waals surface area contributed by atoms with Gasteiger partial charge in [0, 0.05) is 38.8 Å². The van der Waals surface area contributed by atoms with Crippen LogP contribution < -0.4 is 0 Å². The van der Waals surface area contributed by atoms with Gasteiger partial charge in [0.25, 0.3) is 0 Å². The Morgan fingerprint density at radius 2 is 0.782 bits per heavy atom. The lowest BCUT2D eigenvalue weighted by Crippen LogP contribution is -2.00. The molecular formula is C50H33N5. The van der Waals surface area contributed by atoms with E-state index in [0.717, 1.165) is 77.7 Å². The molecule has 0 unspecified atom stereocenters. The summed E-state index contributed by atoms with van der Waals surface area (Å²) in [4.78, 5) is 15.2. The fraction of sp³-hybridized carbons (Fsp3) is 0. The molecule has 0 N–H and O–H groups in total. The number of rotatable bonds is 7. The Labute approximate surface area is 318 Å². The van der Waals surface area contributed by atoms with Gasteiger partial charge in [0.2, 0.25) is 0 Å². The number of hydrogen-bond donors (Lipinski definition) is 0. The lowest BCUT2D eigenvalue weighted by molar-refractivity contribution is 0.979. The van der Waals surface area contributed by atoms with Crippen molar-refractivity contribution in [3.05, 3.63) is 200 Å². The van der Waals surface area contributed by atoms with Gasteiger partial charge in [-0.15, -0.1) is 0 Å². The summed E-state index contributed by atoms with van der Waals surface area (Å²) in [5.41, 5.74) is 12.3. The van der Waals surface area contributed by atoms with Gasteiger partial charge in [-0.3, -0.25) is 0 Å². The highest BCUT2D eigenvalue weighted by atomic mass is 15.2. The van der Waals surface area contributed by atoms with E-state index >= 15 is 0 Å². The molecule has 0 aliphatic rings. The maximum absolute atomic E-state index is 5.45. The smallest absolute Gasteiger partial charge is 0.164 e. The van der Waals surface area contributed by atoms with Crippen LogP contribution in [0.4, 0.5) is 0 Å². The summed E-state index contributed by atoms with van der Waals surface area (Å²) in [6, 6.07) is 69.2. The van der Waals surface area contributed by atoms with Crippen molar-refractivity contribution >= 4 is 16.3 Å². The lowest BCUT2D eigenvalue weighted by atomic mass is 9.96. The van der Waals surface area contributed by atoms with Crippen molar-refractivity contribution in [3.63, 3.8) is 0 Å². The maximum atomic E-state index is 5.45. The van der Waals surface area contributed by atoms with E-state index in [1.165, 1.54) is 0 Å². The van der Waals surface area contributed by atoms with E-state index in [-0.39, 0.29) is 0 Å². The predicted octanol–water partition coefficient (Wildman–Crippen LogP) is 12.3. The molecular weight excluding hydrogens is 671 g/mol. The molecule has 5 nitrogen and oxygen atoms in total. The van der Waals surface area contributed by atoms with E-state index in [0.29, 0.717) is 17.5 Å². The lowest BCUT2D eigenvalue weighted by Gasteiger charge is -2.11. The zero-order valence-electron chi connectivity index (χ0n) is 29.8. The first-order valence-corrected chi connectivity index (χ1v) is 18.4. The quantitative estimate of drug-likeness (QED) is 0.166. The third-order valence-corrected chi connectivity index (χ3v) is 10.1. The molecule has 7 aromatic carbocycles. The number of nitrogens with zero attached hydrogens (tertiary/aromatic N) is 5. The van der Waals surface area contributed by atoms with Crippen LogP contribution in [0.25, 0.3) is 95.2 Å². The van der Waals surface area contributed by atoms with Gasteiger partial charge >= 0.3 is 0 Å². The molecule has 0 saturated heterocycles. The second-order valence-electron chi connectivity index (χ2n) is 13.5. The van der Waals surface area contributed by atoms with Gasteiger partial charge in [-0.25, -0.2) is 19.5 Å². The fourth-order valence-corrected chi connectivity index (χ4v) is 7.38. The third-order valence-electron chi connectivity index (χ3n) is 10.1. The van der Waals surface area contributed by atoms with Crippen molar-refractivity contribution in [1.82, 2.24) is 24.6 Å². The molecule has 0 atom stereocenters. The first-order chi connectivity index (χ1) is 27.3. The number of hydrogen-bond acceptors (Lipinski definition) is 4. The molecule has 55 heavy (non-hydrogen) atoms. The first kappa shape index (κ1) is 32.2. The van der Waals surface area contributed by atoms with Gasteiger partial charge in [-0.1, -0.05) is 188 Å². The Kier molecular flexibility index (Phi) is 8.08. The van der Waals surface area contributed by atoms with Crippen molar-refractivity contribution in [1.29, 1.82) is 0 Å². The molecule has 0 radical (unpaired) electrons. The Hall–Kier alpha value is -7.50. The molecule has 10 aromatic rings. The highest BCUT2D eigenvalue weighted by Gasteiger charge is 2.22. The summed E-state index contributed by atoms with van der Waals surface area (Å²) in [6.07, 6.45) is 0. The summed E-state index contributed by atoms with van der Waals surface area (Å²) in [7, 11) is 0. The number of fused-ring (bicyclic) bond motifs is 3. The largest absolute Gasteiger partial charge is 0.231 e. The van der Waals surface area contributed by atoms with E-state index in [4.69, 9.17) is 20.1 Å². The van der Waals surface area contributed by atoms with Crippen LogP contribution in [0.15, 0.2) is 200 Å². The number of pyridine rings is 1. The molecule has 3 heterocycles. The zero-order valence-corrected chi connectivity index (χ0v) is 29.8. The molecule has 0 fully saturated rings. The van der Waals surface area contributed by atoms with Crippen molar-refractivity contribution in [2.45, 2.75) is 0 Å². The molecule has 258 valence electrons. The Morgan fingerprint density at radius 1 is 0.327 bits per heavy atom. The average Bonchev–Trinajstić information content (AvgIpc) is 3.69. The van der Waals surface area contributed by atoms with Crippen LogP contribution >= 0.6 is 0 Å². The van der Waals surface area contributed by atoms with E-state index in [9.17, 15) is 0 Å². The van der Waals surface area contributed by atoms with E-state index in [1.807, 2.05) is 42.5 Å². The van der Waals surface area contributed by atoms with Crippen molar-refractivity contribution in [2.75, 3.05) is 0 Å². The summed E-state index contributed by atoms with van der Waals surface area (Å²) in [5, 5.41) is 7.75. The van der Waals surface area contributed by atoms with E-state index in [1.54, 1.807) is 0 Å². The van der Waals surface area contributed by atoms with Gasteiger partial charge < -0.3 is 0 Å². The molecule has 0 saturated carbocycles. The van der Waals surface area contributed by atoms with E-state index in [2.05, 4.69) is 162 Å². The molecule has 0 aliphatic carbocycles. The minimum Gasteiger partial charge on any atom is -0.231 e. The van der Waals surface area contributed by atoms with Crippen LogP contribution in [0.1, 0.15) is 0 Å². The van der Waals surface area contributed by atoms with E-state index < -0.39 is 0 Å². The summed E-state index contributed by atoms with van der Waals surface area (Å²) in [6.45, 7) is 0. The summed E-state index contributed by atoms with van der Waals surface area (Å²) >= 11 is 0. The van der Waals surface area contributed by atoms with Crippen molar-refractivity contribution < 1.29 is 0 Å². The molecule has 5 heteroatoms. The van der Waals surface area contributed by atoms with Crippen LogP contribution in [0.2, 0.25) is 0 Å². The molecule has 0 spiro atoms. The normalized spacial score (nSPS) is 11.3. The second-order valence-corrected chi connectivity index (χ2v) is 13.5. The highest BCUT2D eigenvalue weighted by Crippen LogP contribution is 2.41. The molecule has 0 aliphatic heterocycles. The average molecular weight is 704 g/mol. The van der Waals surface area contributed by atoms with Crippen molar-refractivity contribution in [2.24, 2.45) is 0 Å². The molecule has 10 rings (SSSR count). The van der Waals surface area contributed by atoms with Crippen LogP contribution in [0, 0.1) is 0 Å². The third kappa shape index (κ3) is 6.04. The van der Waals surface area contributed by atoms with Crippen LogP contribution in [-0.4, -0.2) is 24.6 Å². The SMILES string of the molecule is c1ccc(-c2ccc(-c3nc(-c4ccccc4)nc(-c4cccc(-c5nn6c(-c7ccccc7)cc7ccccc7c6c5-c5ccccc5)c4)n3)cc2)cc1. The molecule has 0 amide bonds. The van der Waals surface area contributed by atoms with Gasteiger partial charge in [0.15, 0.2) is 17.5 Å². The van der Waals surface area contributed by atoms with Crippen LogP contribution in [0.3, 0.4) is 0 Å². The topological polar surface area (TPSA) is 56.0 Å². The van der Waals surface area contributed by atoms with Crippen molar-refractivity contribution in [3.8, 4) is 78.9 Å². The second kappa shape index (κ2) is 13.8. The monoisotopic (exact) mass is 703 g/mol. The van der Waals surface area contributed by atoms with Gasteiger partial charge in [0.05, 0.1) is 11.2 Å². The fourth-order valence-electron chi connectivity index (χ4n) is 7.38. The van der Waals surface area contributed by atoms with Gasteiger partial charge in [-0.05, 0) is 34.2 Å². The predicted molar refractivity (Wildman–Crippen MR) is 224 cm³/mol. The Balaban J connectivity index is 1.17. The number of aromatic nitrogens is 5. The van der Waals surface area contributed by atoms with Crippen LogP contribution in [0.5, 0.6) is 0 Å². The minimum atomic E-state index is 0.596. The zero-order chi connectivity index (χ0) is 36.6. The maximum Gasteiger partial charge on any atom is 0.164 e. The Morgan fingerprint density at radius 3 is 1.44 bits per heavy atom. The summed E-state index contributed by atoms with van der Waals surface area (Å²) < 4.78 is 2.12. The molecule has 3 aromatic heterocycles. The highest BCUT2D eigenvalue weighted by molar-refractivity contribution is 6.08.